The lowest BCUT2D eigenvalue weighted by Crippen LogP contribution is -2.61. The highest BCUT2D eigenvalue weighted by molar-refractivity contribution is 14.0. The lowest BCUT2D eigenvalue weighted by Gasteiger charge is -2.47. The summed E-state index contributed by atoms with van der Waals surface area (Å²) >= 11 is 5.92. The van der Waals surface area contributed by atoms with Gasteiger partial charge >= 0.3 is 0 Å². The van der Waals surface area contributed by atoms with Gasteiger partial charge in [-0.15, -0.1) is 24.0 Å². The van der Waals surface area contributed by atoms with Crippen LogP contribution in [-0.4, -0.2) is 55.0 Å². The second-order valence-corrected chi connectivity index (χ2v) is 8.20. The summed E-state index contributed by atoms with van der Waals surface area (Å²) in [5.41, 5.74) is 1.49. The number of carboxylic acid groups (broad SMARTS) is 1. The third-order valence-corrected chi connectivity index (χ3v) is 5.51. The molecule has 142 valence electrons. The van der Waals surface area contributed by atoms with Gasteiger partial charge in [0.15, 0.2) is 0 Å². The Morgan fingerprint density at radius 3 is 2.35 bits per heavy atom. The molecule has 1 saturated heterocycles. The van der Waals surface area contributed by atoms with Crippen molar-refractivity contribution in [1.82, 2.24) is 4.90 Å². The molecule has 0 aromatic heterocycles. The molecule has 5 nitrogen and oxygen atoms in total. The zero-order valence-corrected chi connectivity index (χ0v) is 18.3. The molecule has 1 aromatic carbocycles. The zero-order chi connectivity index (χ0) is 18.4. The van der Waals surface area contributed by atoms with Crippen molar-refractivity contribution in [3.05, 3.63) is 46.1 Å². The van der Waals surface area contributed by atoms with Gasteiger partial charge in [-0.05, 0) is 24.6 Å². The van der Waals surface area contributed by atoms with E-state index in [0.717, 1.165) is 23.1 Å². The van der Waals surface area contributed by atoms with Crippen LogP contribution in [0, 0.1) is 5.92 Å². The van der Waals surface area contributed by atoms with E-state index in [4.69, 9.17) is 11.6 Å². The fourth-order valence-electron chi connectivity index (χ4n) is 4.20. The van der Waals surface area contributed by atoms with E-state index in [1.807, 2.05) is 0 Å². The van der Waals surface area contributed by atoms with Gasteiger partial charge in [-0.1, -0.05) is 23.7 Å². The minimum Gasteiger partial charge on any atom is -0.545 e. The van der Waals surface area contributed by atoms with E-state index in [-0.39, 0.29) is 41.9 Å². The molecule has 1 unspecified atom stereocenters. The summed E-state index contributed by atoms with van der Waals surface area (Å²) in [6.45, 7) is 4.29. The number of carbonyl (C=O) groups excluding carboxylic acids is 2. The molecule has 1 aromatic rings. The first-order chi connectivity index (χ1) is 11.7. The predicted octanol–water partition coefficient (Wildman–Crippen LogP) is 2.00. The van der Waals surface area contributed by atoms with E-state index in [0.29, 0.717) is 23.2 Å². The number of nitrogens with zero attached hydrogens (tertiary/aromatic N) is 2. The van der Waals surface area contributed by atoms with Crippen LogP contribution >= 0.6 is 35.6 Å². The normalized spacial score (nSPS) is 22.7. The molecule has 0 radical (unpaired) electrons. The lowest BCUT2D eigenvalue weighted by molar-refractivity contribution is -0.938. The molecule has 2 aliphatic heterocycles. The Hall–Kier alpha value is -1.12. The number of allylic oxidation sites excluding steroid dienone is 1. The molecular weight excluding hydrogens is 467 g/mol. The van der Waals surface area contributed by atoms with Crippen molar-refractivity contribution in [2.75, 3.05) is 33.7 Å². The van der Waals surface area contributed by atoms with Crippen molar-refractivity contribution in [2.24, 2.45) is 5.92 Å². The molecule has 1 fully saturated rings. The summed E-state index contributed by atoms with van der Waals surface area (Å²) in [7, 11) is 4.31. The number of carbonyl (C=O) groups is 2. The molecule has 7 heteroatoms. The Morgan fingerprint density at radius 2 is 1.85 bits per heavy atom. The summed E-state index contributed by atoms with van der Waals surface area (Å²) in [5.74, 6) is -1.32. The van der Waals surface area contributed by atoms with Crippen molar-refractivity contribution in [3.8, 4) is 0 Å². The number of aliphatic carboxylic acids is 1. The molecule has 0 N–H and O–H groups in total. The Morgan fingerprint density at radius 1 is 1.27 bits per heavy atom. The minimum absolute atomic E-state index is 0. The topological polar surface area (TPSA) is 60.4 Å². The van der Waals surface area contributed by atoms with Gasteiger partial charge in [-0.2, -0.15) is 0 Å². The lowest BCUT2D eigenvalue weighted by atomic mass is 9.83. The van der Waals surface area contributed by atoms with Gasteiger partial charge in [0.05, 0.1) is 39.1 Å². The Bertz CT molecular complexity index is 738. The maximum absolute atomic E-state index is 12.7. The monoisotopic (exact) mass is 490 g/mol. The summed E-state index contributed by atoms with van der Waals surface area (Å²) in [5, 5.41) is 12.4. The number of quaternary nitrogens is 1. The van der Waals surface area contributed by atoms with Gasteiger partial charge < -0.3 is 19.3 Å². The molecule has 1 amide bonds. The molecular formula is C19H24ClIN2O3. The van der Waals surface area contributed by atoms with E-state index < -0.39 is 11.9 Å². The van der Waals surface area contributed by atoms with Crippen LogP contribution in [0.5, 0.6) is 0 Å². The molecule has 0 saturated carbocycles. The van der Waals surface area contributed by atoms with Crippen LogP contribution in [0.4, 0.5) is 0 Å². The van der Waals surface area contributed by atoms with Crippen LogP contribution < -0.4 is 5.11 Å². The molecule has 3 rings (SSSR count). The van der Waals surface area contributed by atoms with E-state index in [1.165, 1.54) is 0 Å². The second-order valence-electron chi connectivity index (χ2n) is 7.77. The molecule has 1 atom stereocenters. The van der Waals surface area contributed by atoms with Gasteiger partial charge in [0, 0.05) is 35.2 Å². The number of rotatable bonds is 4. The van der Waals surface area contributed by atoms with Gasteiger partial charge in [0.1, 0.15) is 0 Å². The largest absolute Gasteiger partial charge is 0.545 e. The van der Waals surface area contributed by atoms with Gasteiger partial charge in [-0.3, -0.25) is 4.79 Å². The average Bonchev–Trinajstić information content (AvgIpc) is 2.49. The standard InChI is InChI=1S/C19H23ClN2O3.HI/c1-12-18(19(24)25)16(14-4-6-15(20)7-5-14)8-17(23)21(12)9-13-10-22(2,3)11-13;/h4-7,13,16H,8-11H2,1-3H3;1H. The highest BCUT2D eigenvalue weighted by Gasteiger charge is 2.41. The zero-order valence-electron chi connectivity index (χ0n) is 15.2. The van der Waals surface area contributed by atoms with Crippen LogP contribution in [0.2, 0.25) is 5.02 Å². The maximum atomic E-state index is 12.7. The van der Waals surface area contributed by atoms with E-state index in [9.17, 15) is 14.7 Å². The number of likely N-dealkylation sites (tertiary alicyclic amines) is 1. The second kappa shape index (κ2) is 7.86. The van der Waals surface area contributed by atoms with E-state index in [1.54, 1.807) is 36.1 Å². The molecule has 0 bridgehead atoms. The number of benzene rings is 1. The first-order valence-electron chi connectivity index (χ1n) is 8.48. The highest BCUT2D eigenvalue weighted by atomic mass is 127. The minimum atomic E-state index is -1.21. The molecule has 0 spiro atoms. The quantitative estimate of drug-likeness (QED) is 0.479. The van der Waals surface area contributed by atoms with Crippen LogP contribution in [0.3, 0.4) is 0 Å². The molecule has 0 aliphatic carbocycles. The summed E-state index contributed by atoms with van der Waals surface area (Å²) < 4.78 is 0.941. The van der Waals surface area contributed by atoms with Crippen LogP contribution in [0.25, 0.3) is 0 Å². The average molecular weight is 491 g/mol. The summed E-state index contributed by atoms with van der Waals surface area (Å²) in [4.78, 5) is 26.2. The highest BCUT2D eigenvalue weighted by Crippen LogP contribution is 2.37. The predicted molar refractivity (Wildman–Crippen MR) is 109 cm³/mol. The fraction of sp³-hybridized carbons (Fsp3) is 0.474. The van der Waals surface area contributed by atoms with Gasteiger partial charge in [0.25, 0.3) is 0 Å². The number of hydrogen-bond acceptors (Lipinski definition) is 3. The van der Waals surface area contributed by atoms with E-state index in [2.05, 4.69) is 14.1 Å². The molecule has 26 heavy (non-hydrogen) atoms. The van der Waals surface area contributed by atoms with Crippen molar-refractivity contribution in [2.45, 2.75) is 19.3 Å². The van der Waals surface area contributed by atoms with Crippen LogP contribution in [0.15, 0.2) is 35.5 Å². The SMILES string of the molecule is CC1=C(C(=O)[O-])C(c2ccc(Cl)cc2)CC(=O)N1CC1C[N+](C)(C)C1.I. The number of hydrogen-bond donors (Lipinski definition) is 0. The summed E-state index contributed by atoms with van der Waals surface area (Å²) in [6.07, 6.45) is 0.146. The van der Waals surface area contributed by atoms with Gasteiger partial charge in [-0.25, -0.2) is 0 Å². The first kappa shape index (κ1) is 21.2. The number of amides is 1. The smallest absolute Gasteiger partial charge is 0.227 e. The molecule has 2 aliphatic rings. The van der Waals surface area contributed by atoms with Crippen LogP contribution in [-0.2, 0) is 9.59 Å². The van der Waals surface area contributed by atoms with Crippen molar-refractivity contribution < 1.29 is 19.2 Å². The number of halogens is 2. The fourth-order valence-corrected chi connectivity index (χ4v) is 4.32. The number of carboxylic acids is 1. The van der Waals surface area contributed by atoms with Crippen molar-refractivity contribution in [3.63, 3.8) is 0 Å². The van der Waals surface area contributed by atoms with Gasteiger partial charge in [0.2, 0.25) is 5.91 Å². The maximum Gasteiger partial charge on any atom is 0.227 e. The molecule has 2 heterocycles. The summed E-state index contributed by atoms with van der Waals surface area (Å²) in [6, 6.07) is 6.98. The van der Waals surface area contributed by atoms with Crippen LogP contribution in [0.1, 0.15) is 24.8 Å². The van der Waals surface area contributed by atoms with Crippen molar-refractivity contribution >= 4 is 47.5 Å². The third-order valence-electron chi connectivity index (χ3n) is 5.26. The Labute approximate surface area is 176 Å². The third kappa shape index (κ3) is 4.23. The Balaban J connectivity index is 0.00000243. The Kier molecular flexibility index (Phi) is 6.40. The van der Waals surface area contributed by atoms with Crippen molar-refractivity contribution in [1.29, 1.82) is 0 Å². The van der Waals surface area contributed by atoms with E-state index >= 15 is 0 Å². The first-order valence-corrected chi connectivity index (χ1v) is 8.85.